The third-order valence-electron chi connectivity index (χ3n) is 3.25. The van der Waals surface area contributed by atoms with E-state index in [1.54, 1.807) is 0 Å². The second kappa shape index (κ2) is 10.4. The van der Waals surface area contributed by atoms with E-state index in [0.717, 1.165) is 39.1 Å². The van der Waals surface area contributed by atoms with Gasteiger partial charge >= 0.3 is 12.0 Å². The van der Waals surface area contributed by atoms with Crippen molar-refractivity contribution in [2.24, 2.45) is 0 Å². The number of piperazine rings is 1. The van der Waals surface area contributed by atoms with Crippen LogP contribution < -0.4 is 16.0 Å². The molecule has 0 radical (unpaired) electrons. The lowest BCUT2D eigenvalue weighted by molar-refractivity contribution is -0.137. The fourth-order valence-electron chi connectivity index (χ4n) is 2.10. The number of unbranched alkanes of at least 4 members (excludes halogenated alkanes) is 1. The highest BCUT2D eigenvalue weighted by atomic mass is 16.4. The molecule has 7 heteroatoms. The molecule has 20 heavy (non-hydrogen) atoms. The number of hydrogen-bond acceptors (Lipinski definition) is 4. The number of carboxylic acid groups (broad SMARTS) is 1. The van der Waals surface area contributed by atoms with Crippen LogP contribution in [0.25, 0.3) is 0 Å². The SMILES string of the molecule is O=C(O)CCCCNC(=O)NCCCN1CCNCC1. The molecule has 1 fully saturated rings. The summed E-state index contributed by atoms with van der Waals surface area (Å²) in [6.07, 6.45) is 2.40. The maximum Gasteiger partial charge on any atom is 0.314 e. The summed E-state index contributed by atoms with van der Waals surface area (Å²) < 4.78 is 0. The lowest BCUT2D eigenvalue weighted by atomic mass is 10.2. The summed E-state index contributed by atoms with van der Waals surface area (Å²) in [7, 11) is 0. The molecule has 0 aromatic heterocycles. The monoisotopic (exact) mass is 286 g/mol. The van der Waals surface area contributed by atoms with Crippen molar-refractivity contribution < 1.29 is 14.7 Å². The van der Waals surface area contributed by atoms with Crippen molar-refractivity contribution in [3.63, 3.8) is 0 Å². The van der Waals surface area contributed by atoms with Gasteiger partial charge in [0.05, 0.1) is 0 Å². The molecule has 0 unspecified atom stereocenters. The molecule has 0 aliphatic carbocycles. The maximum absolute atomic E-state index is 11.4. The largest absolute Gasteiger partial charge is 0.481 e. The molecule has 116 valence electrons. The molecule has 1 saturated heterocycles. The summed E-state index contributed by atoms with van der Waals surface area (Å²) in [6, 6.07) is -0.166. The Morgan fingerprint density at radius 1 is 1.05 bits per heavy atom. The minimum Gasteiger partial charge on any atom is -0.481 e. The second-order valence-corrected chi connectivity index (χ2v) is 4.98. The third kappa shape index (κ3) is 8.71. The van der Waals surface area contributed by atoms with E-state index >= 15 is 0 Å². The Morgan fingerprint density at radius 3 is 2.35 bits per heavy atom. The molecule has 7 nitrogen and oxygen atoms in total. The van der Waals surface area contributed by atoms with Crippen LogP contribution in [-0.2, 0) is 4.79 Å². The predicted octanol–water partition coefficient (Wildman–Crippen LogP) is -0.164. The zero-order valence-corrected chi connectivity index (χ0v) is 12.0. The summed E-state index contributed by atoms with van der Waals surface area (Å²) in [6.45, 7) is 6.46. The lowest BCUT2D eigenvalue weighted by Crippen LogP contribution is -2.44. The molecule has 2 amide bonds. The first kappa shape index (κ1) is 16.7. The molecule has 0 saturated carbocycles. The average molecular weight is 286 g/mol. The molecule has 0 atom stereocenters. The van der Waals surface area contributed by atoms with Gasteiger partial charge in [0.25, 0.3) is 0 Å². The summed E-state index contributed by atoms with van der Waals surface area (Å²) in [4.78, 5) is 24.1. The number of carbonyl (C=O) groups is 2. The van der Waals surface area contributed by atoms with E-state index in [-0.39, 0.29) is 12.5 Å². The Labute approximate surface area is 120 Å². The van der Waals surface area contributed by atoms with Gasteiger partial charge in [-0.15, -0.1) is 0 Å². The summed E-state index contributed by atoms with van der Waals surface area (Å²) in [5.41, 5.74) is 0. The van der Waals surface area contributed by atoms with Crippen LogP contribution in [-0.4, -0.2) is 67.8 Å². The number of rotatable bonds is 9. The fourth-order valence-corrected chi connectivity index (χ4v) is 2.10. The Bertz CT molecular complexity index is 293. The van der Waals surface area contributed by atoms with Gasteiger partial charge in [-0.3, -0.25) is 4.79 Å². The van der Waals surface area contributed by atoms with Gasteiger partial charge < -0.3 is 26.0 Å². The Hall–Kier alpha value is -1.34. The van der Waals surface area contributed by atoms with Gasteiger partial charge in [-0.2, -0.15) is 0 Å². The number of urea groups is 1. The summed E-state index contributed by atoms with van der Waals surface area (Å²) in [5.74, 6) is -0.789. The smallest absolute Gasteiger partial charge is 0.314 e. The number of amides is 2. The molecule has 1 aliphatic heterocycles. The van der Waals surface area contributed by atoms with E-state index in [2.05, 4.69) is 20.9 Å². The highest BCUT2D eigenvalue weighted by molar-refractivity contribution is 5.73. The van der Waals surface area contributed by atoms with Crippen molar-refractivity contribution in [3.8, 4) is 0 Å². The van der Waals surface area contributed by atoms with Gasteiger partial charge in [-0.1, -0.05) is 0 Å². The van der Waals surface area contributed by atoms with Crippen LogP contribution in [0.2, 0.25) is 0 Å². The molecule has 1 heterocycles. The molecule has 1 aliphatic rings. The number of aliphatic carboxylic acids is 1. The fraction of sp³-hybridized carbons (Fsp3) is 0.846. The zero-order valence-electron chi connectivity index (χ0n) is 12.0. The van der Waals surface area contributed by atoms with E-state index in [1.807, 2.05) is 0 Å². The Morgan fingerprint density at radius 2 is 1.70 bits per heavy atom. The highest BCUT2D eigenvalue weighted by Crippen LogP contribution is 1.94. The normalized spacial score (nSPS) is 15.8. The van der Waals surface area contributed by atoms with Crippen molar-refractivity contribution in [1.82, 2.24) is 20.9 Å². The predicted molar refractivity (Wildman–Crippen MR) is 76.8 cm³/mol. The maximum atomic E-state index is 11.4. The second-order valence-electron chi connectivity index (χ2n) is 4.98. The van der Waals surface area contributed by atoms with Crippen LogP contribution in [0.5, 0.6) is 0 Å². The van der Waals surface area contributed by atoms with E-state index in [1.165, 1.54) is 0 Å². The standard InChI is InChI=1S/C13H26N4O3/c18-12(19)4-1-2-5-15-13(20)16-6-3-9-17-10-7-14-8-11-17/h14H,1-11H2,(H,18,19)(H2,15,16,20). The minimum absolute atomic E-state index is 0.161. The van der Waals surface area contributed by atoms with Crippen LogP contribution in [0.1, 0.15) is 25.7 Å². The van der Waals surface area contributed by atoms with E-state index in [9.17, 15) is 9.59 Å². The van der Waals surface area contributed by atoms with Crippen LogP contribution in [0.3, 0.4) is 0 Å². The van der Waals surface area contributed by atoms with E-state index in [4.69, 9.17) is 5.11 Å². The number of carboxylic acids is 1. The quantitative estimate of drug-likeness (QED) is 0.442. The van der Waals surface area contributed by atoms with Crippen molar-refractivity contribution in [2.75, 3.05) is 45.8 Å². The first-order valence-electron chi connectivity index (χ1n) is 7.35. The molecule has 0 aromatic rings. The minimum atomic E-state index is -0.789. The van der Waals surface area contributed by atoms with Crippen molar-refractivity contribution in [2.45, 2.75) is 25.7 Å². The third-order valence-corrected chi connectivity index (χ3v) is 3.25. The molecule has 4 N–H and O–H groups in total. The van der Waals surface area contributed by atoms with Crippen LogP contribution in [0.15, 0.2) is 0 Å². The van der Waals surface area contributed by atoms with Crippen LogP contribution in [0, 0.1) is 0 Å². The Balaban J connectivity index is 1.88. The van der Waals surface area contributed by atoms with E-state index < -0.39 is 5.97 Å². The first-order valence-corrected chi connectivity index (χ1v) is 7.35. The first-order chi connectivity index (χ1) is 9.68. The summed E-state index contributed by atoms with van der Waals surface area (Å²) in [5, 5.41) is 17.3. The van der Waals surface area contributed by atoms with Gasteiger partial charge in [0.15, 0.2) is 0 Å². The lowest BCUT2D eigenvalue weighted by Gasteiger charge is -2.27. The van der Waals surface area contributed by atoms with Gasteiger partial charge in [-0.05, 0) is 25.8 Å². The van der Waals surface area contributed by atoms with Crippen molar-refractivity contribution in [1.29, 1.82) is 0 Å². The number of hydrogen-bond donors (Lipinski definition) is 4. The molecular formula is C13H26N4O3. The molecule has 0 spiro atoms. The Kier molecular flexibility index (Phi) is 8.73. The summed E-state index contributed by atoms with van der Waals surface area (Å²) >= 11 is 0. The zero-order chi connectivity index (χ0) is 14.6. The molecule has 0 aromatic carbocycles. The van der Waals surface area contributed by atoms with Gasteiger partial charge in [-0.25, -0.2) is 4.79 Å². The molecule has 1 rings (SSSR count). The molecular weight excluding hydrogens is 260 g/mol. The van der Waals surface area contributed by atoms with Gasteiger partial charge in [0.1, 0.15) is 0 Å². The van der Waals surface area contributed by atoms with Crippen molar-refractivity contribution >= 4 is 12.0 Å². The number of nitrogens with one attached hydrogen (secondary N) is 3. The van der Waals surface area contributed by atoms with Gasteiger partial charge in [0.2, 0.25) is 0 Å². The van der Waals surface area contributed by atoms with Crippen LogP contribution >= 0.6 is 0 Å². The average Bonchev–Trinajstić information content (AvgIpc) is 2.44. The topological polar surface area (TPSA) is 93.7 Å². The van der Waals surface area contributed by atoms with Crippen molar-refractivity contribution in [3.05, 3.63) is 0 Å². The molecule has 0 bridgehead atoms. The highest BCUT2D eigenvalue weighted by Gasteiger charge is 2.08. The number of nitrogens with zero attached hydrogens (tertiary/aromatic N) is 1. The van der Waals surface area contributed by atoms with Gasteiger partial charge in [0, 0.05) is 45.7 Å². The van der Waals surface area contributed by atoms with Crippen LogP contribution in [0.4, 0.5) is 4.79 Å². The van der Waals surface area contributed by atoms with E-state index in [0.29, 0.717) is 25.9 Å². The number of carbonyl (C=O) groups excluding carboxylic acids is 1.